The van der Waals surface area contributed by atoms with Crippen molar-refractivity contribution >= 4 is 34.6 Å². The van der Waals surface area contributed by atoms with Crippen molar-refractivity contribution in [1.82, 2.24) is 14.9 Å². The molecule has 8 heteroatoms. The number of methoxy groups -OCH3 is 1. The van der Waals surface area contributed by atoms with E-state index in [-0.39, 0.29) is 18.0 Å². The van der Waals surface area contributed by atoms with Crippen LogP contribution in [0.5, 0.6) is 5.75 Å². The van der Waals surface area contributed by atoms with Gasteiger partial charge < -0.3 is 24.8 Å². The Bertz CT molecular complexity index is 1280. The highest BCUT2D eigenvalue weighted by molar-refractivity contribution is 7.80. The molecular formula is C29H35N5O2S. The minimum atomic E-state index is -0.517. The number of carbonyl (C=O) groups is 1. The zero-order valence-electron chi connectivity index (χ0n) is 21.9. The predicted molar refractivity (Wildman–Crippen MR) is 151 cm³/mol. The van der Waals surface area contributed by atoms with Gasteiger partial charge in [0.25, 0.3) is 0 Å². The predicted octanol–water partition coefficient (Wildman–Crippen LogP) is 6.17. The van der Waals surface area contributed by atoms with Crippen molar-refractivity contribution in [3.05, 3.63) is 72.3 Å². The number of carbonyl (C=O) groups excluding carboxylic acids is 1. The smallest absolute Gasteiger partial charge is 0.229 e. The first-order valence-electron chi connectivity index (χ1n) is 12.9. The second-order valence-electron chi connectivity index (χ2n) is 10.9. The topological polar surface area (TPSA) is 71.4 Å². The number of nitrogens with one attached hydrogen (secondary N) is 2. The van der Waals surface area contributed by atoms with Crippen LogP contribution < -0.4 is 20.3 Å². The Morgan fingerprint density at radius 3 is 2.59 bits per heavy atom. The highest BCUT2D eigenvalue weighted by Gasteiger charge is 2.43. The quantitative estimate of drug-likeness (QED) is 0.381. The SMILES string of the molecule is COc1cc(N2C(=S)N[C@@H](c3ccccn3)[C@H]2c2cccn2C2CCCC2)ccc1NC(=O)C(C)(C)C. The molecule has 2 aromatic heterocycles. The summed E-state index contributed by atoms with van der Waals surface area (Å²) in [7, 11) is 1.62. The van der Waals surface area contributed by atoms with Crippen LogP contribution in [0.4, 0.5) is 11.4 Å². The van der Waals surface area contributed by atoms with Gasteiger partial charge in [0.15, 0.2) is 5.11 Å². The van der Waals surface area contributed by atoms with E-state index in [2.05, 4.69) is 43.4 Å². The zero-order chi connectivity index (χ0) is 26.2. The lowest BCUT2D eigenvalue weighted by Crippen LogP contribution is -2.31. The van der Waals surface area contributed by atoms with Gasteiger partial charge in [0, 0.05) is 41.3 Å². The van der Waals surface area contributed by atoms with E-state index in [1.165, 1.54) is 31.4 Å². The minimum Gasteiger partial charge on any atom is -0.494 e. The van der Waals surface area contributed by atoms with E-state index in [9.17, 15) is 4.79 Å². The zero-order valence-corrected chi connectivity index (χ0v) is 22.7. The Kier molecular flexibility index (Phi) is 6.94. The molecule has 1 aliphatic heterocycles. The van der Waals surface area contributed by atoms with E-state index in [4.69, 9.17) is 17.0 Å². The molecule has 2 aliphatic rings. The molecule has 1 aliphatic carbocycles. The summed E-state index contributed by atoms with van der Waals surface area (Å²) in [5.41, 5.74) is 3.16. The second kappa shape index (κ2) is 10.2. The highest BCUT2D eigenvalue weighted by Crippen LogP contribution is 2.45. The summed E-state index contributed by atoms with van der Waals surface area (Å²) < 4.78 is 8.15. The summed E-state index contributed by atoms with van der Waals surface area (Å²) in [4.78, 5) is 19.5. The van der Waals surface area contributed by atoms with Gasteiger partial charge in [-0.15, -0.1) is 0 Å². The van der Waals surface area contributed by atoms with Gasteiger partial charge in [-0.05, 0) is 61.5 Å². The largest absolute Gasteiger partial charge is 0.494 e. The van der Waals surface area contributed by atoms with E-state index in [1.807, 2.05) is 63.4 Å². The molecule has 1 aromatic carbocycles. The fourth-order valence-corrected chi connectivity index (χ4v) is 5.69. The molecule has 1 amide bonds. The van der Waals surface area contributed by atoms with Gasteiger partial charge in [0.05, 0.1) is 24.5 Å². The third-order valence-electron chi connectivity index (χ3n) is 7.32. The number of anilines is 2. The number of thiocarbonyl (C=S) groups is 1. The lowest BCUT2D eigenvalue weighted by molar-refractivity contribution is -0.123. The summed E-state index contributed by atoms with van der Waals surface area (Å²) in [5.74, 6) is 0.517. The summed E-state index contributed by atoms with van der Waals surface area (Å²) >= 11 is 5.93. The Morgan fingerprint density at radius 2 is 1.92 bits per heavy atom. The van der Waals surface area contributed by atoms with Crippen molar-refractivity contribution in [3.8, 4) is 5.75 Å². The van der Waals surface area contributed by atoms with Gasteiger partial charge in [-0.1, -0.05) is 39.7 Å². The fraction of sp³-hybridized carbons (Fsp3) is 0.414. The van der Waals surface area contributed by atoms with Gasteiger partial charge in [-0.2, -0.15) is 0 Å². The van der Waals surface area contributed by atoms with Crippen molar-refractivity contribution in [2.24, 2.45) is 5.41 Å². The third-order valence-corrected chi connectivity index (χ3v) is 7.64. The van der Waals surface area contributed by atoms with Crippen LogP contribution in [0.1, 0.15) is 76.0 Å². The van der Waals surface area contributed by atoms with Crippen molar-refractivity contribution in [2.75, 3.05) is 17.3 Å². The molecule has 194 valence electrons. The number of rotatable bonds is 6. The molecule has 3 heterocycles. The van der Waals surface area contributed by atoms with Crippen LogP contribution in [0.15, 0.2) is 60.9 Å². The van der Waals surface area contributed by atoms with Gasteiger partial charge in [-0.3, -0.25) is 9.78 Å². The number of amides is 1. The molecule has 0 unspecified atom stereocenters. The summed E-state index contributed by atoms with van der Waals surface area (Å²) in [6.45, 7) is 5.66. The normalized spacial score (nSPS) is 20.2. The standard InChI is InChI=1S/C29H35N5O2S/c1-29(2,3)27(35)31-21-15-14-20(18-24(21)36-4)34-26(23-13-9-17-33(23)19-10-5-6-11-19)25(32-28(34)37)22-12-7-8-16-30-22/h7-9,12-19,25-26H,5-6,10-11H2,1-4H3,(H,31,35)(H,32,37)/t25-,26+/m0/s1. The monoisotopic (exact) mass is 517 g/mol. The van der Waals surface area contributed by atoms with Crippen LogP contribution in [0, 0.1) is 5.41 Å². The van der Waals surface area contributed by atoms with Gasteiger partial charge in [-0.25, -0.2) is 0 Å². The van der Waals surface area contributed by atoms with Crippen LogP contribution in [-0.2, 0) is 4.79 Å². The molecule has 1 saturated carbocycles. The van der Waals surface area contributed by atoms with E-state index in [0.717, 1.165) is 11.4 Å². The molecule has 2 atom stereocenters. The molecule has 7 nitrogen and oxygen atoms in total. The Hall–Kier alpha value is -3.39. The maximum absolute atomic E-state index is 12.6. The van der Waals surface area contributed by atoms with Crippen molar-refractivity contribution in [1.29, 1.82) is 0 Å². The number of ether oxygens (including phenoxy) is 1. The van der Waals surface area contributed by atoms with E-state index >= 15 is 0 Å². The maximum Gasteiger partial charge on any atom is 0.229 e. The first-order valence-corrected chi connectivity index (χ1v) is 13.4. The average Bonchev–Trinajstić information content (AvgIpc) is 3.64. The molecule has 0 spiro atoms. The summed E-state index contributed by atoms with van der Waals surface area (Å²) in [5, 5.41) is 7.19. The van der Waals surface area contributed by atoms with Crippen LogP contribution in [0.25, 0.3) is 0 Å². The van der Waals surface area contributed by atoms with Crippen LogP contribution >= 0.6 is 12.2 Å². The third kappa shape index (κ3) is 4.94. The number of hydrogen-bond donors (Lipinski definition) is 2. The van der Waals surface area contributed by atoms with Gasteiger partial charge in [0.1, 0.15) is 11.8 Å². The van der Waals surface area contributed by atoms with Crippen LogP contribution in [0.2, 0.25) is 0 Å². The Balaban J connectivity index is 1.57. The highest BCUT2D eigenvalue weighted by atomic mass is 32.1. The number of pyridine rings is 1. The molecule has 2 N–H and O–H groups in total. The molecule has 2 fully saturated rings. The summed E-state index contributed by atoms with van der Waals surface area (Å²) in [6.07, 6.45) is 8.93. The molecule has 3 aromatic rings. The number of nitrogens with zero attached hydrogens (tertiary/aromatic N) is 3. The van der Waals surface area contributed by atoms with E-state index < -0.39 is 5.41 Å². The number of aromatic nitrogens is 2. The lowest BCUT2D eigenvalue weighted by Gasteiger charge is -2.31. The molecule has 5 rings (SSSR count). The van der Waals surface area contributed by atoms with Crippen LogP contribution in [0.3, 0.4) is 0 Å². The first-order chi connectivity index (χ1) is 17.8. The Morgan fingerprint density at radius 1 is 1.14 bits per heavy atom. The second-order valence-corrected chi connectivity index (χ2v) is 11.3. The van der Waals surface area contributed by atoms with E-state index in [1.54, 1.807) is 7.11 Å². The van der Waals surface area contributed by atoms with Crippen molar-refractivity contribution in [2.45, 2.75) is 64.6 Å². The van der Waals surface area contributed by atoms with E-state index in [0.29, 0.717) is 22.6 Å². The number of hydrogen-bond acceptors (Lipinski definition) is 4. The number of benzene rings is 1. The molecule has 1 saturated heterocycles. The van der Waals surface area contributed by atoms with Crippen molar-refractivity contribution in [3.63, 3.8) is 0 Å². The van der Waals surface area contributed by atoms with Gasteiger partial charge >= 0.3 is 0 Å². The van der Waals surface area contributed by atoms with Gasteiger partial charge in [0.2, 0.25) is 5.91 Å². The van der Waals surface area contributed by atoms with Crippen LogP contribution in [-0.4, -0.2) is 27.7 Å². The first kappa shape index (κ1) is 25.3. The lowest BCUT2D eigenvalue weighted by atomic mass is 9.95. The molecule has 37 heavy (non-hydrogen) atoms. The average molecular weight is 518 g/mol. The van der Waals surface area contributed by atoms with Crippen molar-refractivity contribution < 1.29 is 9.53 Å². The minimum absolute atomic E-state index is 0.0700. The maximum atomic E-state index is 12.6. The fourth-order valence-electron chi connectivity index (χ4n) is 5.35. The molecular weight excluding hydrogens is 482 g/mol. The summed E-state index contributed by atoms with van der Waals surface area (Å²) in [6, 6.07) is 16.4. The molecule has 0 radical (unpaired) electrons. The Labute approximate surface area is 224 Å². The molecule has 0 bridgehead atoms.